The number of aliphatic carboxylic acids is 1. The van der Waals surface area contributed by atoms with Crippen molar-refractivity contribution in [3.05, 3.63) is 29.5 Å². The van der Waals surface area contributed by atoms with E-state index in [1.807, 2.05) is 13.0 Å². The van der Waals surface area contributed by atoms with Crippen LogP contribution in [-0.4, -0.2) is 16.2 Å². The summed E-state index contributed by atoms with van der Waals surface area (Å²) in [4.78, 5) is 10.5. The lowest BCUT2D eigenvalue weighted by atomic mass is 10.1. The quantitative estimate of drug-likeness (QED) is 0.789. The molecule has 1 heterocycles. The Kier molecular flexibility index (Phi) is 2.11. The zero-order chi connectivity index (χ0) is 11.0. The Balaban J connectivity index is 2.64. The van der Waals surface area contributed by atoms with Crippen LogP contribution >= 0.6 is 0 Å². The fourth-order valence-corrected chi connectivity index (χ4v) is 1.55. The molecule has 0 bridgehead atoms. The van der Waals surface area contributed by atoms with Gasteiger partial charge in [0.05, 0.1) is 5.39 Å². The summed E-state index contributed by atoms with van der Waals surface area (Å²) >= 11 is 0. The molecule has 0 fully saturated rings. The normalized spacial score (nSPS) is 10.7. The van der Waals surface area contributed by atoms with Crippen LogP contribution < -0.4 is 0 Å². The van der Waals surface area contributed by atoms with Crippen molar-refractivity contribution in [2.45, 2.75) is 13.3 Å². The number of aromatic hydroxyl groups is 1. The minimum Gasteiger partial charge on any atom is -0.504 e. The Labute approximate surface area is 85.8 Å². The maximum Gasteiger partial charge on any atom is 0.311 e. The Bertz CT molecular complexity index is 525. The third-order valence-electron chi connectivity index (χ3n) is 2.27. The maximum atomic E-state index is 10.5. The van der Waals surface area contributed by atoms with Crippen molar-refractivity contribution in [2.75, 3.05) is 0 Å². The smallest absolute Gasteiger partial charge is 0.311 e. The molecule has 0 radical (unpaired) electrons. The van der Waals surface area contributed by atoms with E-state index in [0.29, 0.717) is 11.0 Å². The van der Waals surface area contributed by atoms with E-state index in [9.17, 15) is 9.90 Å². The molecule has 2 rings (SSSR count). The van der Waals surface area contributed by atoms with Crippen molar-refractivity contribution in [1.82, 2.24) is 0 Å². The number of carbonyl (C=O) groups is 1. The molecule has 0 saturated carbocycles. The molecule has 0 aliphatic rings. The first kappa shape index (κ1) is 9.58. The van der Waals surface area contributed by atoms with Crippen molar-refractivity contribution in [2.24, 2.45) is 0 Å². The largest absolute Gasteiger partial charge is 0.504 e. The van der Waals surface area contributed by atoms with Gasteiger partial charge < -0.3 is 14.6 Å². The molecule has 0 saturated heterocycles. The highest BCUT2D eigenvalue weighted by Gasteiger charge is 2.16. The fourth-order valence-electron chi connectivity index (χ4n) is 1.55. The fraction of sp³-hybridized carbons (Fsp3) is 0.182. The van der Waals surface area contributed by atoms with Crippen LogP contribution in [0.5, 0.6) is 5.75 Å². The van der Waals surface area contributed by atoms with Crippen LogP contribution in [0.4, 0.5) is 0 Å². The van der Waals surface area contributed by atoms with Gasteiger partial charge in [-0.1, -0.05) is 12.1 Å². The number of rotatable bonds is 2. The minimum atomic E-state index is -1.03. The summed E-state index contributed by atoms with van der Waals surface area (Å²) in [5.74, 6) is -0.995. The van der Waals surface area contributed by atoms with Crippen LogP contribution in [0.1, 0.15) is 11.3 Å². The molecule has 2 aromatic rings. The van der Waals surface area contributed by atoms with Gasteiger partial charge in [-0.15, -0.1) is 0 Å². The van der Waals surface area contributed by atoms with Crippen LogP contribution in [-0.2, 0) is 11.2 Å². The lowest BCUT2D eigenvalue weighted by molar-refractivity contribution is -0.136. The van der Waals surface area contributed by atoms with Gasteiger partial charge in [0.25, 0.3) is 0 Å². The molecular weight excluding hydrogens is 196 g/mol. The second kappa shape index (κ2) is 3.31. The Morgan fingerprint density at radius 1 is 1.47 bits per heavy atom. The predicted molar refractivity (Wildman–Crippen MR) is 54.0 cm³/mol. The lowest BCUT2D eigenvalue weighted by Crippen LogP contribution is -1.98. The van der Waals surface area contributed by atoms with E-state index in [-0.39, 0.29) is 17.9 Å². The SMILES string of the molecule is Cc1cccc2c(O)c(CC(=O)O)oc12. The maximum absolute atomic E-state index is 10.5. The molecule has 0 aliphatic heterocycles. The minimum absolute atomic E-state index is 0.0731. The van der Waals surface area contributed by atoms with Gasteiger partial charge in [0.2, 0.25) is 0 Å². The van der Waals surface area contributed by atoms with E-state index in [1.54, 1.807) is 12.1 Å². The van der Waals surface area contributed by atoms with Gasteiger partial charge in [-0.05, 0) is 18.6 Å². The molecule has 1 aromatic heterocycles. The summed E-state index contributed by atoms with van der Waals surface area (Å²) in [7, 11) is 0. The number of carboxylic acids is 1. The van der Waals surface area contributed by atoms with Crippen LogP contribution in [0.2, 0.25) is 0 Å². The molecule has 2 N–H and O–H groups in total. The van der Waals surface area contributed by atoms with Gasteiger partial charge in [-0.25, -0.2) is 0 Å². The standard InChI is InChI=1S/C11H10O4/c1-6-3-2-4-7-10(14)8(5-9(12)13)15-11(6)7/h2-4,14H,5H2,1H3,(H,12,13). The zero-order valence-electron chi connectivity index (χ0n) is 8.15. The third kappa shape index (κ3) is 1.54. The first-order chi connectivity index (χ1) is 7.09. The number of hydrogen-bond acceptors (Lipinski definition) is 3. The van der Waals surface area contributed by atoms with E-state index in [4.69, 9.17) is 9.52 Å². The number of fused-ring (bicyclic) bond motifs is 1. The van der Waals surface area contributed by atoms with Crippen molar-refractivity contribution >= 4 is 16.9 Å². The highest BCUT2D eigenvalue weighted by Crippen LogP contribution is 2.33. The van der Waals surface area contributed by atoms with Crippen molar-refractivity contribution in [1.29, 1.82) is 0 Å². The van der Waals surface area contributed by atoms with E-state index >= 15 is 0 Å². The molecule has 1 aromatic carbocycles. The highest BCUT2D eigenvalue weighted by atomic mass is 16.4. The second-order valence-electron chi connectivity index (χ2n) is 3.40. The van der Waals surface area contributed by atoms with Gasteiger partial charge >= 0.3 is 5.97 Å². The molecule has 78 valence electrons. The first-order valence-electron chi connectivity index (χ1n) is 4.51. The summed E-state index contributed by atoms with van der Waals surface area (Å²) in [6.45, 7) is 1.84. The van der Waals surface area contributed by atoms with Crippen molar-refractivity contribution in [3.63, 3.8) is 0 Å². The van der Waals surface area contributed by atoms with Crippen LogP contribution in [0, 0.1) is 6.92 Å². The Hall–Kier alpha value is -1.97. The molecular formula is C11H10O4. The first-order valence-corrected chi connectivity index (χ1v) is 4.51. The van der Waals surface area contributed by atoms with Crippen molar-refractivity contribution in [3.8, 4) is 5.75 Å². The molecule has 0 atom stereocenters. The van der Waals surface area contributed by atoms with Gasteiger partial charge in [-0.2, -0.15) is 0 Å². The number of para-hydroxylation sites is 1. The Morgan fingerprint density at radius 3 is 2.80 bits per heavy atom. The van der Waals surface area contributed by atoms with Gasteiger partial charge in [0, 0.05) is 0 Å². The predicted octanol–water partition coefficient (Wildman–Crippen LogP) is 2.07. The number of hydrogen-bond donors (Lipinski definition) is 2. The zero-order valence-corrected chi connectivity index (χ0v) is 8.15. The number of furan rings is 1. The second-order valence-corrected chi connectivity index (χ2v) is 3.40. The summed E-state index contributed by atoms with van der Waals surface area (Å²) in [6.07, 6.45) is -0.306. The molecule has 0 aliphatic carbocycles. The lowest BCUT2D eigenvalue weighted by Gasteiger charge is -1.91. The van der Waals surface area contributed by atoms with Gasteiger partial charge in [-0.3, -0.25) is 4.79 Å². The molecule has 4 heteroatoms. The number of carboxylic acid groups (broad SMARTS) is 1. The summed E-state index contributed by atoms with van der Waals surface area (Å²) < 4.78 is 5.31. The van der Waals surface area contributed by atoms with Crippen LogP contribution in [0.3, 0.4) is 0 Å². The average molecular weight is 206 g/mol. The van der Waals surface area contributed by atoms with E-state index in [0.717, 1.165) is 5.56 Å². The molecule has 15 heavy (non-hydrogen) atoms. The van der Waals surface area contributed by atoms with Crippen LogP contribution in [0.25, 0.3) is 11.0 Å². The summed E-state index contributed by atoms with van der Waals surface area (Å²) in [5, 5.41) is 18.9. The van der Waals surface area contributed by atoms with Crippen LogP contribution in [0.15, 0.2) is 22.6 Å². The van der Waals surface area contributed by atoms with Gasteiger partial charge in [0.1, 0.15) is 12.0 Å². The van der Waals surface area contributed by atoms with E-state index in [2.05, 4.69) is 0 Å². The monoisotopic (exact) mass is 206 g/mol. The molecule has 0 amide bonds. The average Bonchev–Trinajstić information content (AvgIpc) is 2.46. The highest BCUT2D eigenvalue weighted by molar-refractivity contribution is 5.88. The van der Waals surface area contributed by atoms with Gasteiger partial charge in [0.15, 0.2) is 11.5 Å². The number of benzene rings is 1. The third-order valence-corrected chi connectivity index (χ3v) is 2.27. The topological polar surface area (TPSA) is 70.7 Å². The van der Waals surface area contributed by atoms with E-state index < -0.39 is 5.97 Å². The molecule has 4 nitrogen and oxygen atoms in total. The Morgan fingerprint density at radius 2 is 2.20 bits per heavy atom. The van der Waals surface area contributed by atoms with Crippen molar-refractivity contribution < 1.29 is 19.4 Å². The number of aryl methyl sites for hydroxylation is 1. The molecule has 0 spiro atoms. The summed E-state index contributed by atoms with van der Waals surface area (Å²) in [5.41, 5.74) is 1.42. The van der Waals surface area contributed by atoms with E-state index in [1.165, 1.54) is 0 Å². The molecule has 0 unspecified atom stereocenters. The summed E-state index contributed by atoms with van der Waals surface area (Å²) in [6, 6.07) is 5.33.